The summed E-state index contributed by atoms with van der Waals surface area (Å²) in [6, 6.07) is 6.04. The van der Waals surface area contributed by atoms with Crippen molar-refractivity contribution in [3.05, 3.63) is 35.5 Å². The molecule has 6 heteroatoms. The Balaban J connectivity index is 1.28. The highest BCUT2D eigenvalue weighted by Crippen LogP contribution is 2.38. The van der Waals surface area contributed by atoms with Crippen LogP contribution in [0.25, 0.3) is 0 Å². The minimum atomic E-state index is 0.289. The molecule has 2 N–H and O–H groups in total. The molecule has 3 heterocycles. The molecule has 2 aromatic heterocycles. The third kappa shape index (κ3) is 3.38. The summed E-state index contributed by atoms with van der Waals surface area (Å²) in [7, 11) is 0. The Morgan fingerprint density at radius 3 is 2.19 bits per heavy atom. The number of nitrogens with zero attached hydrogens (tertiary/aromatic N) is 4. The van der Waals surface area contributed by atoms with Crippen molar-refractivity contribution in [1.29, 1.82) is 0 Å². The predicted molar refractivity (Wildman–Crippen MR) is 102 cm³/mol. The fourth-order valence-electron chi connectivity index (χ4n) is 4.23. The van der Waals surface area contributed by atoms with Crippen LogP contribution in [-0.4, -0.2) is 57.4 Å². The minimum absolute atomic E-state index is 0.289. The summed E-state index contributed by atoms with van der Waals surface area (Å²) in [5, 5.41) is 20.9. The van der Waals surface area contributed by atoms with Crippen molar-refractivity contribution in [3.63, 3.8) is 0 Å². The van der Waals surface area contributed by atoms with E-state index in [-0.39, 0.29) is 11.8 Å². The zero-order chi connectivity index (χ0) is 17.9. The maximum Gasteiger partial charge on any atom is 0.197 e. The van der Waals surface area contributed by atoms with Gasteiger partial charge >= 0.3 is 0 Å². The van der Waals surface area contributed by atoms with Crippen molar-refractivity contribution < 1.29 is 10.2 Å². The van der Waals surface area contributed by atoms with Gasteiger partial charge in [0.1, 0.15) is 5.82 Å². The van der Waals surface area contributed by atoms with Gasteiger partial charge in [-0.1, -0.05) is 6.07 Å². The van der Waals surface area contributed by atoms with Gasteiger partial charge in [-0.25, -0.2) is 4.98 Å². The second kappa shape index (κ2) is 7.58. The van der Waals surface area contributed by atoms with Gasteiger partial charge in [0.05, 0.1) is 0 Å². The average molecular weight is 356 g/mol. The molecule has 0 atom stereocenters. The number of hydrogen-bond acceptors (Lipinski definition) is 5. The Bertz CT molecular complexity index is 707. The lowest BCUT2D eigenvalue weighted by molar-refractivity contribution is 0.246. The lowest BCUT2D eigenvalue weighted by atomic mass is 9.95. The van der Waals surface area contributed by atoms with Crippen molar-refractivity contribution in [1.82, 2.24) is 14.5 Å². The fraction of sp³-hybridized carbons (Fsp3) is 0.550. The third-order valence-corrected chi connectivity index (χ3v) is 5.72. The number of hydrogen-bond donors (Lipinski definition) is 2. The first-order valence-electron chi connectivity index (χ1n) is 9.74. The second-order valence-corrected chi connectivity index (χ2v) is 7.33. The molecule has 1 aliphatic heterocycles. The Kier molecular flexibility index (Phi) is 5.02. The van der Waals surface area contributed by atoms with Crippen LogP contribution < -0.4 is 4.90 Å². The van der Waals surface area contributed by atoms with E-state index in [0.29, 0.717) is 6.54 Å². The van der Waals surface area contributed by atoms with E-state index >= 15 is 0 Å². The van der Waals surface area contributed by atoms with Crippen LogP contribution in [-0.2, 0) is 19.4 Å². The van der Waals surface area contributed by atoms with Gasteiger partial charge in [-0.05, 0) is 50.8 Å². The van der Waals surface area contributed by atoms with Gasteiger partial charge in [0.15, 0.2) is 11.8 Å². The summed E-state index contributed by atoms with van der Waals surface area (Å²) in [6.07, 6.45) is 6.75. The molecule has 26 heavy (non-hydrogen) atoms. The normalized spacial score (nSPS) is 18.1. The topological polar surface area (TPSA) is 64.8 Å². The first-order chi connectivity index (χ1) is 12.7. The molecule has 1 fully saturated rings. The first-order valence-corrected chi connectivity index (χ1v) is 9.74. The van der Waals surface area contributed by atoms with Crippen LogP contribution in [0.2, 0.25) is 0 Å². The Hall–Kier alpha value is -2.21. The van der Waals surface area contributed by atoms with Crippen LogP contribution in [0.1, 0.15) is 30.4 Å². The van der Waals surface area contributed by atoms with E-state index in [1.54, 1.807) is 4.57 Å². The molecule has 140 valence electrons. The van der Waals surface area contributed by atoms with E-state index in [4.69, 9.17) is 0 Å². The molecule has 4 rings (SSSR count). The second-order valence-electron chi connectivity index (χ2n) is 7.33. The van der Waals surface area contributed by atoms with Crippen molar-refractivity contribution >= 4 is 5.82 Å². The van der Waals surface area contributed by atoms with Crippen LogP contribution >= 0.6 is 0 Å². The van der Waals surface area contributed by atoms with E-state index in [9.17, 15) is 10.2 Å². The quantitative estimate of drug-likeness (QED) is 0.861. The predicted octanol–water partition coefficient (Wildman–Crippen LogP) is 2.39. The highest BCUT2D eigenvalue weighted by Gasteiger charge is 2.24. The van der Waals surface area contributed by atoms with Gasteiger partial charge in [-0.3, -0.25) is 9.47 Å². The van der Waals surface area contributed by atoms with E-state index < -0.39 is 0 Å². The van der Waals surface area contributed by atoms with Crippen molar-refractivity contribution in [3.8, 4) is 11.8 Å². The molecular weight excluding hydrogens is 328 g/mol. The number of fused-ring (bicyclic) bond motifs is 1. The number of pyridine rings is 1. The first kappa shape index (κ1) is 17.2. The monoisotopic (exact) mass is 356 g/mol. The maximum atomic E-state index is 10.4. The Morgan fingerprint density at radius 2 is 1.58 bits per heavy atom. The molecule has 6 nitrogen and oxygen atoms in total. The van der Waals surface area contributed by atoms with Crippen LogP contribution in [0.15, 0.2) is 24.4 Å². The van der Waals surface area contributed by atoms with Crippen LogP contribution in [0.4, 0.5) is 5.82 Å². The number of aromatic hydroxyl groups is 2. The van der Waals surface area contributed by atoms with Crippen LogP contribution in [0, 0.1) is 0 Å². The minimum Gasteiger partial charge on any atom is -0.494 e. The Labute approximate surface area is 154 Å². The van der Waals surface area contributed by atoms with Gasteiger partial charge in [0.2, 0.25) is 0 Å². The highest BCUT2D eigenvalue weighted by molar-refractivity contribution is 5.46. The van der Waals surface area contributed by atoms with E-state index in [2.05, 4.69) is 20.9 Å². The summed E-state index contributed by atoms with van der Waals surface area (Å²) in [5.74, 6) is 1.63. The van der Waals surface area contributed by atoms with E-state index in [1.807, 2.05) is 18.3 Å². The zero-order valence-electron chi connectivity index (χ0n) is 15.3. The number of anilines is 1. The summed E-state index contributed by atoms with van der Waals surface area (Å²) >= 11 is 0. The lowest BCUT2D eigenvalue weighted by Gasteiger charge is -2.35. The standard InChI is InChI=1S/C20H28N4O2/c25-19-16-6-1-2-7-17(16)20(26)24(19)11-5-10-22-12-14-23(15-13-22)18-8-3-4-9-21-18/h3-4,8-9,25-26H,1-2,5-7,10-15H2. The maximum absolute atomic E-state index is 10.4. The van der Waals surface area contributed by atoms with Gasteiger partial charge in [0.25, 0.3) is 0 Å². The van der Waals surface area contributed by atoms with E-state index in [1.165, 1.54) is 0 Å². The Morgan fingerprint density at radius 1 is 0.885 bits per heavy atom. The molecule has 0 aromatic carbocycles. The highest BCUT2D eigenvalue weighted by atomic mass is 16.3. The molecule has 0 bridgehead atoms. The molecule has 1 aliphatic carbocycles. The van der Waals surface area contributed by atoms with Crippen molar-refractivity contribution in [2.45, 2.75) is 38.6 Å². The smallest absolute Gasteiger partial charge is 0.197 e. The van der Waals surface area contributed by atoms with Crippen molar-refractivity contribution in [2.75, 3.05) is 37.6 Å². The number of rotatable bonds is 5. The summed E-state index contributed by atoms with van der Waals surface area (Å²) in [4.78, 5) is 9.21. The van der Waals surface area contributed by atoms with Gasteiger partial charge < -0.3 is 15.1 Å². The van der Waals surface area contributed by atoms with Gasteiger partial charge in [-0.2, -0.15) is 0 Å². The fourth-order valence-corrected chi connectivity index (χ4v) is 4.23. The molecule has 0 saturated carbocycles. The molecule has 0 spiro atoms. The average Bonchev–Trinajstić information content (AvgIpc) is 2.94. The van der Waals surface area contributed by atoms with Crippen LogP contribution in [0.3, 0.4) is 0 Å². The third-order valence-electron chi connectivity index (χ3n) is 5.72. The zero-order valence-corrected chi connectivity index (χ0v) is 15.3. The SMILES string of the molecule is Oc1c2c(c(O)n1CCCN1CCN(c3ccccn3)CC1)CCCC2. The molecule has 1 saturated heterocycles. The molecular formula is C20H28N4O2. The van der Waals surface area contributed by atoms with E-state index in [0.717, 1.165) is 81.8 Å². The molecule has 0 amide bonds. The summed E-state index contributed by atoms with van der Waals surface area (Å²) < 4.78 is 1.71. The van der Waals surface area contributed by atoms with Crippen LogP contribution in [0.5, 0.6) is 11.8 Å². The van der Waals surface area contributed by atoms with Crippen molar-refractivity contribution in [2.24, 2.45) is 0 Å². The number of piperazine rings is 1. The molecule has 0 radical (unpaired) electrons. The van der Waals surface area contributed by atoms with Gasteiger partial charge in [-0.15, -0.1) is 0 Å². The van der Waals surface area contributed by atoms with Gasteiger partial charge in [0, 0.05) is 50.0 Å². The lowest BCUT2D eigenvalue weighted by Crippen LogP contribution is -2.47. The molecule has 2 aliphatic rings. The summed E-state index contributed by atoms with van der Waals surface area (Å²) in [6.45, 7) is 5.69. The molecule has 2 aromatic rings. The molecule has 0 unspecified atom stereocenters. The number of aromatic nitrogens is 2. The largest absolute Gasteiger partial charge is 0.494 e. The summed E-state index contributed by atoms with van der Waals surface area (Å²) in [5.41, 5.74) is 1.94.